The van der Waals surface area contributed by atoms with Gasteiger partial charge in [-0.3, -0.25) is 4.79 Å². The third-order valence-corrected chi connectivity index (χ3v) is 4.55. The number of thiazole rings is 1. The third-order valence-electron chi connectivity index (χ3n) is 2.43. The van der Waals surface area contributed by atoms with Crippen molar-refractivity contribution in [3.63, 3.8) is 0 Å². The average Bonchev–Trinajstić information content (AvgIpc) is 2.65. The Bertz CT molecular complexity index is 335. The summed E-state index contributed by atoms with van der Waals surface area (Å²) in [5, 5.41) is 4.77. The first-order chi connectivity index (χ1) is 6.59. The first kappa shape index (κ1) is 9.98. The molecular weight excluding hydrogens is 216 g/mol. The molecule has 5 heteroatoms. The van der Waals surface area contributed by atoms with Crippen LogP contribution in [0.1, 0.15) is 24.3 Å². The summed E-state index contributed by atoms with van der Waals surface area (Å²) in [7, 11) is 0. The summed E-state index contributed by atoms with van der Waals surface area (Å²) in [5.41, 5.74) is 2.21. The second-order valence-electron chi connectivity index (χ2n) is 3.81. The standard InChI is InChI=1S/C9H12N2OS2/c1-9(2)7(4-14-9)11-8(12)6-3-13-5-10-6/h3,5,7H,4H2,1-2H3,(H,11,12). The van der Waals surface area contributed by atoms with E-state index in [1.807, 2.05) is 11.8 Å². The molecule has 0 aromatic carbocycles. The van der Waals surface area contributed by atoms with Gasteiger partial charge < -0.3 is 5.32 Å². The second-order valence-corrected chi connectivity index (χ2v) is 6.21. The molecule has 1 aromatic heterocycles. The Balaban J connectivity index is 1.96. The number of nitrogens with zero attached hydrogens (tertiary/aromatic N) is 1. The third kappa shape index (κ3) is 1.79. The number of amides is 1. The number of hydrogen-bond acceptors (Lipinski definition) is 4. The van der Waals surface area contributed by atoms with E-state index in [1.165, 1.54) is 11.3 Å². The van der Waals surface area contributed by atoms with Crippen molar-refractivity contribution in [2.75, 3.05) is 5.75 Å². The summed E-state index contributed by atoms with van der Waals surface area (Å²) in [4.78, 5) is 15.6. The Hall–Kier alpha value is -0.550. The Kier molecular flexibility index (Phi) is 2.53. The number of thioether (sulfide) groups is 1. The number of nitrogens with one attached hydrogen (secondary N) is 1. The topological polar surface area (TPSA) is 42.0 Å². The smallest absolute Gasteiger partial charge is 0.271 e. The number of carbonyl (C=O) groups is 1. The van der Waals surface area contributed by atoms with Gasteiger partial charge in [0, 0.05) is 15.9 Å². The van der Waals surface area contributed by atoms with Gasteiger partial charge in [-0.1, -0.05) is 0 Å². The van der Waals surface area contributed by atoms with E-state index in [4.69, 9.17) is 0 Å². The second kappa shape index (κ2) is 3.55. The van der Waals surface area contributed by atoms with Crippen LogP contribution < -0.4 is 5.32 Å². The zero-order valence-corrected chi connectivity index (χ0v) is 9.74. The summed E-state index contributed by atoms with van der Waals surface area (Å²) in [6.45, 7) is 4.29. The van der Waals surface area contributed by atoms with Gasteiger partial charge in [0.05, 0.1) is 11.6 Å². The zero-order valence-electron chi connectivity index (χ0n) is 8.11. The molecule has 1 aliphatic heterocycles. The lowest BCUT2D eigenvalue weighted by Gasteiger charge is -2.43. The van der Waals surface area contributed by atoms with Crippen molar-refractivity contribution in [3.05, 3.63) is 16.6 Å². The largest absolute Gasteiger partial charge is 0.346 e. The SMILES string of the molecule is CC1(C)SCC1NC(=O)c1cscn1. The van der Waals surface area contributed by atoms with E-state index in [2.05, 4.69) is 24.1 Å². The van der Waals surface area contributed by atoms with Crippen LogP contribution in [0, 0.1) is 0 Å². The van der Waals surface area contributed by atoms with Crippen LogP contribution in [0.3, 0.4) is 0 Å². The first-order valence-corrected chi connectivity index (χ1v) is 6.35. The maximum atomic E-state index is 11.6. The summed E-state index contributed by atoms with van der Waals surface area (Å²) in [5.74, 6) is 0.952. The van der Waals surface area contributed by atoms with E-state index in [9.17, 15) is 4.79 Å². The molecule has 14 heavy (non-hydrogen) atoms. The van der Waals surface area contributed by atoms with Crippen molar-refractivity contribution in [2.45, 2.75) is 24.6 Å². The van der Waals surface area contributed by atoms with E-state index in [0.717, 1.165) is 5.75 Å². The summed E-state index contributed by atoms with van der Waals surface area (Å²) >= 11 is 3.32. The molecule has 1 fully saturated rings. The summed E-state index contributed by atoms with van der Waals surface area (Å²) in [6.07, 6.45) is 0. The van der Waals surface area contributed by atoms with Crippen LogP contribution in [0.15, 0.2) is 10.9 Å². The van der Waals surface area contributed by atoms with Crippen molar-refractivity contribution < 1.29 is 4.79 Å². The molecule has 3 nitrogen and oxygen atoms in total. The van der Waals surface area contributed by atoms with Gasteiger partial charge in [0.1, 0.15) is 5.69 Å². The van der Waals surface area contributed by atoms with Gasteiger partial charge in [-0.05, 0) is 13.8 Å². The highest BCUT2D eigenvalue weighted by Gasteiger charge is 2.40. The fourth-order valence-corrected chi connectivity index (χ4v) is 2.95. The Morgan fingerprint density at radius 2 is 2.50 bits per heavy atom. The van der Waals surface area contributed by atoms with Gasteiger partial charge in [-0.2, -0.15) is 11.8 Å². The molecule has 1 atom stereocenters. The fraction of sp³-hybridized carbons (Fsp3) is 0.556. The van der Waals surface area contributed by atoms with E-state index in [1.54, 1.807) is 10.9 Å². The number of rotatable bonds is 2. The molecule has 1 amide bonds. The van der Waals surface area contributed by atoms with E-state index in [-0.39, 0.29) is 16.7 Å². The molecule has 0 bridgehead atoms. The molecule has 2 heterocycles. The van der Waals surface area contributed by atoms with Gasteiger partial charge in [0.25, 0.3) is 5.91 Å². The summed E-state index contributed by atoms with van der Waals surface area (Å²) in [6, 6.07) is 0.279. The quantitative estimate of drug-likeness (QED) is 0.838. The van der Waals surface area contributed by atoms with Crippen molar-refractivity contribution in [1.29, 1.82) is 0 Å². The van der Waals surface area contributed by atoms with Crippen LogP contribution in [0.5, 0.6) is 0 Å². The minimum Gasteiger partial charge on any atom is -0.346 e. The van der Waals surface area contributed by atoms with Crippen molar-refractivity contribution >= 4 is 29.0 Å². The molecule has 1 saturated heterocycles. The number of carbonyl (C=O) groups excluding carboxylic acids is 1. The Morgan fingerprint density at radius 1 is 1.71 bits per heavy atom. The monoisotopic (exact) mass is 228 g/mol. The molecule has 76 valence electrons. The fourth-order valence-electron chi connectivity index (χ4n) is 1.27. The first-order valence-electron chi connectivity index (χ1n) is 4.42. The van der Waals surface area contributed by atoms with Crippen LogP contribution in [-0.2, 0) is 0 Å². The molecule has 1 aliphatic rings. The molecule has 0 spiro atoms. The van der Waals surface area contributed by atoms with Crippen molar-refractivity contribution in [3.8, 4) is 0 Å². The highest BCUT2D eigenvalue weighted by molar-refractivity contribution is 8.02. The summed E-state index contributed by atoms with van der Waals surface area (Å²) < 4.78 is 0.172. The van der Waals surface area contributed by atoms with Gasteiger partial charge in [-0.15, -0.1) is 11.3 Å². The number of aromatic nitrogens is 1. The number of hydrogen-bond donors (Lipinski definition) is 1. The molecular formula is C9H12N2OS2. The maximum absolute atomic E-state index is 11.6. The molecule has 1 aromatic rings. The van der Waals surface area contributed by atoms with E-state index in [0.29, 0.717) is 5.69 Å². The Morgan fingerprint density at radius 3 is 2.93 bits per heavy atom. The minimum atomic E-state index is -0.0513. The molecule has 2 rings (SSSR count). The normalized spacial score (nSPS) is 24.0. The lowest BCUT2D eigenvalue weighted by Crippen LogP contribution is -2.56. The molecule has 1 N–H and O–H groups in total. The van der Waals surface area contributed by atoms with Gasteiger partial charge in [0.15, 0.2) is 0 Å². The van der Waals surface area contributed by atoms with Crippen LogP contribution in [0.25, 0.3) is 0 Å². The van der Waals surface area contributed by atoms with Crippen LogP contribution >= 0.6 is 23.1 Å². The molecule has 1 unspecified atom stereocenters. The van der Waals surface area contributed by atoms with E-state index < -0.39 is 0 Å². The highest BCUT2D eigenvalue weighted by atomic mass is 32.2. The maximum Gasteiger partial charge on any atom is 0.271 e. The van der Waals surface area contributed by atoms with Crippen molar-refractivity contribution in [1.82, 2.24) is 10.3 Å². The van der Waals surface area contributed by atoms with Gasteiger partial charge >= 0.3 is 0 Å². The average molecular weight is 228 g/mol. The lowest BCUT2D eigenvalue weighted by molar-refractivity contribution is 0.0927. The van der Waals surface area contributed by atoms with Crippen LogP contribution in [-0.4, -0.2) is 27.4 Å². The highest BCUT2D eigenvalue weighted by Crippen LogP contribution is 2.39. The molecule has 0 aliphatic carbocycles. The molecule has 0 radical (unpaired) electrons. The van der Waals surface area contributed by atoms with Gasteiger partial charge in [0.2, 0.25) is 0 Å². The molecule has 0 saturated carbocycles. The lowest BCUT2D eigenvalue weighted by atomic mass is 10.0. The van der Waals surface area contributed by atoms with Gasteiger partial charge in [-0.25, -0.2) is 4.98 Å². The predicted molar refractivity (Wildman–Crippen MR) is 59.9 cm³/mol. The zero-order chi connectivity index (χ0) is 10.2. The van der Waals surface area contributed by atoms with E-state index >= 15 is 0 Å². The van der Waals surface area contributed by atoms with Crippen molar-refractivity contribution in [2.24, 2.45) is 0 Å². The minimum absolute atomic E-state index is 0.0513. The van der Waals surface area contributed by atoms with Crippen LogP contribution in [0.4, 0.5) is 0 Å². The van der Waals surface area contributed by atoms with Crippen LogP contribution in [0.2, 0.25) is 0 Å². The Labute approximate surface area is 91.3 Å². The predicted octanol–water partition coefficient (Wildman–Crippen LogP) is 1.77.